The van der Waals surface area contributed by atoms with Crippen molar-refractivity contribution in [1.29, 1.82) is 0 Å². The molecule has 0 saturated carbocycles. The van der Waals surface area contributed by atoms with Crippen molar-refractivity contribution in [2.45, 2.75) is 25.8 Å². The molecule has 0 amide bonds. The second-order valence-electron chi connectivity index (χ2n) is 4.69. The van der Waals surface area contributed by atoms with Crippen molar-refractivity contribution < 1.29 is 13.2 Å². The summed E-state index contributed by atoms with van der Waals surface area (Å²) in [4.78, 5) is 0. The number of rotatable bonds is 0. The van der Waals surface area contributed by atoms with Gasteiger partial charge in [0.2, 0.25) is 0 Å². The normalized spacial score (nSPS) is 11.9. The summed E-state index contributed by atoms with van der Waals surface area (Å²) in [6.07, 6.45) is -4.31. The zero-order chi connectivity index (χ0) is 13.3. The average molecular weight is 321 g/mol. The quantitative estimate of drug-likeness (QED) is 0.480. The van der Waals surface area contributed by atoms with E-state index in [1.807, 2.05) is 0 Å². The van der Waals surface area contributed by atoms with E-state index < -0.39 is 19.8 Å². The summed E-state index contributed by atoms with van der Waals surface area (Å²) in [7, 11) is -1.52. The standard InChI is InChI=1S/C12H12BrF3Si/c1-17(2,3)7-6-9-4-5-10(8-11(9)13)12(14,15)16/h4-5,8H,1-3H3. The summed E-state index contributed by atoms with van der Waals surface area (Å²) >= 11 is 3.12. The Labute approximate surface area is 108 Å². The lowest BCUT2D eigenvalue weighted by atomic mass is 10.1. The fourth-order valence-corrected chi connectivity index (χ4v) is 2.04. The van der Waals surface area contributed by atoms with Crippen LogP contribution in [0.3, 0.4) is 0 Å². The molecule has 0 aliphatic carbocycles. The van der Waals surface area contributed by atoms with E-state index in [0.29, 0.717) is 10.0 Å². The van der Waals surface area contributed by atoms with E-state index in [4.69, 9.17) is 0 Å². The Morgan fingerprint density at radius 3 is 2.18 bits per heavy atom. The van der Waals surface area contributed by atoms with Gasteiger partial charge in [0.25, 0.3) is 0 Å². The smallest absolute Gasteiger partial charge is 0.166 e. The van der Waals surface area contributed by atoms with E-state index in [2.05, 4.69) is 47.0 Å². The molecule has 1 aromatic carbocycles. The van der Waals surface area contributed by atoms with E-state index >= 15 is 0 Å². The first-order valence-electron chi connectivity index (χ1n) is 4.99. The maximum absolute atomic E-state index is 12.4. The molecule has 0 nitrogen and oxygen atoms in total. The largest absolute Gasteiger partial charge is 0.416 e. The molecule has 0 atom stereocenters. The van der Waals surface area contributed by atoms with Crippen LogP contribution in [0.1, 0.15) is 11.1 Å². The fourth-order valence-electron chi connectivity index (χ4n) is 1.05. The average Bonchev–Trinajstić information content (AvgIpc) is 2.12. The van der Waals surface area contributed by atoms with Gasteiger partial charge < -0.3 is 0 Å². The minimum Gasteiger partial charge on any atom is -0.166 e. The van der Waals surface area contributed by atoms with Crippen LogP contribution < -0.4 is 0 Å². The summed E-state index contributed by atoms with van der Waals surface area (Å²) in [6, 6.07) is 3.52. The molecule has 0 fully saturated rings. The zero-order valence-electron chi connectivity index (χ0n) is 9.74. The van der Waals surface area contributed by atoms with Crippen LogP contribution in [0.15, 0.2) is 22.7 Å². The van der Waals surface area contributed by atoms with Crippen molar-refractivity contribution in [2.24, 2.45) is 0 Å². The molecule has 1 aromatic rings. The van der Waals surface area contributed by atoms with Crippen LogP contribution in [-0.4, -0.2) is 8.07 Å². The molecule has 5 heteroatoms. The maximum Gasteiger partial charge on any atom is 0.416 e. The summed E-state index contributed by atoms with van der Waals surface area (Å²) in [5, 5.41) is 0. The van der Waals surface area contributed by atoms with Crippen LogP contribution in [0.25, 0.3) is 0 Å². The lowest BCUT2D eigenvalue weighted by Crippen LogP contribution is -2.16. The Morgan fingerprint density at radius 1 is 1.18 bits per heavy atom. The van der Waals surface area contributed by atoms with Gasteiger partial charge in [-0.3, -0.25) is 0 Å². The van der Waals surface area contributed by atoms with Gasteiger partial charge in [0.05, 0.1) is 5.56 Å². The van der Waals surface area contributed by atoms with Crippen molar-refractivity contribution in [1.82, 2.24) is 0 Å². The second kappa shape index (κ2) is 4.87. The Morgan fingerprint density at radius 2 is 1.76 bits per heavy atom. The first kappa shape index (κ1) is 14.3. The molecular formula is C12H12BrF3Si. The van der Waals surface area contributed by atoms with Crippen molar-refractivity contribution in [2.75, 3.05) is 0 Å². The monoisotopic (exact) mass is 320 g/mol. The number of benzene rings is 1. The van der Waals surface area contributed by atoms with Gasteiger partial charge in [-0.05, 0) is 34.1 Å². The third kappa shape index (κ3) is 4.56. The molecule has 0 unspecified atom stereocenters. The number of hydrogen-bond donors (Lipinski definition) is 0. The lowest BCUT2D eigenvalue weighted by molar-refractivity contribution is -0.137. The van der Waals surface area contributed by atoms with Crippen LogP contribution in [0.5, 0.6) is 0 Å². The third-order valence-electron chi connectivity index (χ3n) is 1.87. The van der Waals surface area contributed by atoms with Crippen molar-refractivity contribution >= 4 is 24.0 Å². The van der Waals surface area contributed by atoms with E-state index in [0.717, 1.165) is 12.1 Å². The van der Waals surface area contributed by atoms with Crippen molar-refractivity contribution in [3.05, 3.63) is 33.8 Å². The van der Waals surface area contributed by atoms with Gasteiger partial charge in [0.15, 0.2) is 0 Å². The Bertz CT molecular complexity index is 475. The number of halogens is 4. The molecule has 0 saturated heterocycles. The summed E-state index contributed by atoms with van der Waals surface area (Å²) < 4.78 is 37.7. The molecule has 0 spiro atoms. The predicted molar refractivity (Wildman–Crippen MR) is 69.4 cm³/mol. The van der Waals surface area contributed by atoms with Gasteiger partial charge in [0.1, 0.15) is 8.07 Å². The maximum atomic E-state index is 12.4. The minimum absolute atomic E-state index is 0.387. The highest BCUT2D eigenvalue weighted by Gasteiger charge is 2.30. The highest BCUT2D eigenvalue weighted by Crippen LogP contribution is 2.31. The summed E-state index contributed by atoms with van der Waals surface area (Å²) in [5.74, 6) is 2.93. The van der Waals surface area contributed by atoms with Crippen LogP contribution in [0, 0.1) is 11.5 Å². The SMILES string of the molecule is C[Si](C)(C)C#Cc1ccc(C(F)(F)F)cc1Br. The van der Waals surface area contributed by atoms with Crippen molar-refractivity contribution in [3.8, 4) is 11.5 Å². The van der Waals surface area contributed by atoms with E-state index in [-0.39, 0.29) is 0 Å². The van der Waals surface area contributed by atoms with Crippen LogP contribution in [0.2, 0.25) is 19.6 Å². The Hall–Kier alpha value is -0.733. The second-order valence-corrected chi connectivity index (χ2v) is 10.3. The summed E-state index contributed by atoms with van der Waals surface area (Å²) in [6.45, 7) is 6.24. The van der Waals surface area contributed by atoms with Crippen LogP contribution in [0.4, 0.5) is 13.2 Å². The molecule has 17 heavy (non-hydrogen) atoms. The van der Waals surface area contributed by atoms with Crippen molar-refractivity contribution in [3.63, 3.8) is 0 Å². The summed E-state index contributed by atoms with van der Waals surface area (Å²) in [5.41, 5.74) is 3.05. The third-order valence-corrected chi connectivity index (χ3v) is 3.40. The van der Waals surface area contributed by atoms with Gasteiger partial charge >= 0.3 is 6.18 Å². The predicted octanol–water partition coefficient (Wildman–Crippen LogP) is 4.70. The van der Waals surface area contributed by atoms with E-state index in [1.165, 1.54) is 6.07 Å². The van der Waals surface area contributed by atoms with Gasteiger partial charge in [0, 0.05) is 10.0 Å². The zero-order valence-corrected chi connectivity index (χ0v) is 12.3. The Balaban J connectivity index is 3.10. The first-order chi connectivity index (χ1) is 7.59. The minimum atomic E-state index is -4.31. The molecule has 0 aromatic heterocycles. The molecule has 0 heterocycles. The Kier molecular flexibility index (Phi) is 4.10. The molecule has 0 bridgehead atoms. The topological polar surface area (TPSA) is 0 Å². The van der Waals surface area contributed by atoms with Gasteiger partial charge in [-0.2, -0.15) is 13.2 Å². The van der Waals surface area contributed by atoms with Gasteiger partial charge in [-0.1, -0.05) is 25.6 Å². The molecule has 0 radical (unpaired) electrons. The molecule has 0 aliphatic rings. The highest BCUT2D eigenvalue weighted by atomic mass is 79.9. The molecule has 0 aliphatic heterocycles. The lowest BCUT2D eigenvalue weighted by Gasteiger charge is -2.08. The molecular weight excluding hydrogens is 309 g/mol. The fraction of sp³-hybridized carbons (Fsp3) is 0.333. The number of alkyl halides is 3. The van der Waals surface area contributed by atoms with Gasteiger partial charge in [-0.15, -0.1) is 5.54 Å². The molecule has 1 rings (SSSR count). The first-order valence-corrected chi connectivity index (χ1v) is 9.29. The molecule has 0 N–H and O–H groups in total. The van der Waals surface area contributed by atoms with Gasteiger partial charge in [-0.25, -0.2) is 0 Å². The highest BCUT2D eigenvalue weighted by molar-refractivity contribution is 9.10. The molecule has 92 valence electrons. The van der Waals surface area contributed by atoms with E-state index in [1.54, 1.807) is 0 Å². The van der Waals surface area contributed by atoms with E-state index in [9.17, 15) is 13.2 Å². The van der Waals surface area contributed by atoms with Crippen LogP contribution >= 0.6 is 15.9 Å². The number of hydrogen-bond acceptors (Lipinski definition) is 0. The van der Waals surface area contributed by atoms with Crippen LogP contribution in [-0.2, 0) is 6.18 Å².